The van der Waals surface area contributed by atoms with E-state index in [1.54, 1.807) is 11.9 Å². The van der Waals surface area contributed by atoms with Gasteiger partial charge in [0.05, 0.1) is 5.92 Å². The third kappa shape index (κ3) is 3.45. The molecule has 104 valence electrons. The number of likely N-dealkylation sites (N-methyl/N-ethyl adjacent to an activating group) is 1. The molecule has 1 aliphatic rings. The van der Waals surface area contributed by atoms with E-state index in [-0.39, 0.29) is 23.8 Å². The summed E-state index contributed by atoms with van der Waals surface area (Å²) >= 11 is 0. The maximum atomic E-state index is 12.4. The number of carbonyl (C=O) groups excluding carboxylic acids is 2. The molecule has 0 radical (unpaired) electrons. The monoisotopic (exact) mass is 255 g/mol. The highest BCUT2D eigenvalue weighted by Crippen LogP contribution is 2.21. The summed E-state index contributed by atoms with van der Waals surface area (Å²) in [5.41, 5.74) is 5.67. The summed E-state index contributed by atoms with van der Waals surface area (Å²) < 4.78 is 0. The number of rotatable bonds is 5. The van der Waals surface area contributed by atoms with Gasteiger partial charge in [-0.1, -0.05) is 13.3 Å². The highest BCUT2D eigenvalue weighted by molar-refractivity contribution is 5.88. The highest BCUT2D eigenvalue weighted by Gasteiger charge is 2.34. The van der Waals surface area contributed by atoms with Crippen molar-refractivity contribution in [1.29, 1.82) is 0 Å². The first kappa shape index (κ1) is 15.0. The number of hydrogen-bond donors (Lipinski definition) is 2. The van der Waals surface area contributed by atoms with Crippen molar-refractivity contribution in [2.75, 3.05) is 20.1 Å². The molecule has 0 aromatic carbocycles. The third-order valence-electron chi connectivity index (χ3n) is 3.61. The molecule has 1 aliphatic heterocycles. The second-order valence-corrected chi connectivity index (χ2v) is 4.88. The van der Waals surface area contributed by atoms with E-state index in [4.69, 9.17) is 5.73 Å². The lowest BCUT2D eigenvalue weighted by molar-refractivity contribution is -0.145. The predicted molar refractivity (Wildman–Crippen MR) is 70.9 cm³/mol. The Hall–Kier alpha value is -1.10. The maximum absolute atomic E-state index is 12.4. The average Bonchev–Trinajstić information content (AvgIpc) is 2.43. The fraction of sp³-hybridized carbons (Fsp3) is 0.846. The number of hydrogen-bond acceptors (Lipinski definition) is 3. The molecule has 1 rings (SSSR count). The lowest BCUT2D eigenvalue weighted by Crippen LogP contribution is -2.53. The molecule has 0 bridgehead atoms. The zero-order chi connectivity index (χ0) is 13.5. The van der Waals surface area contributed by atoms with Gasteiger partial charge in [0.15, 0.2) is 0 Å². The Bertz CT molecular complexity index is 294. The first-order chi connectivity index (χ1) is 8.65. The van der Waals surface area contributed by atoms with Gasteiger partial charge in [-0.25, -0.2) is 0 Å². The molecule has 2 unspecified atom stereocenters. The van der Waals surface area contributed by atoms with Crippen LogP contribution in [0, 0.1) is 5.92 Å². The van der Waals surface area contributed by atoms with Gasteiger partial charge < -0.3 is 16.0 Å². The number of carbonyl (C=O) groups is 2. The Kier molecular flexibility index (Phi) is 6.12. The molecule has 2 atom stereocenters. The number of piperidine rings is 1. The van der Waals surface area contributed by atoms with Crippen LogP contribution >= 0.6 is 0 Å². The zero-order valence-electron chi connectivity index (χ0n) is 11.4. The standard InChI is InChI=1S/C13H25N3O2/c1-3-6-10(9-14)13(18)16-8-5-4-7-11(16)12(17)15-2/h10-11H,3-9,14H2,1-2H3,(H,15,17). The van der Waals surface area contributed by atoms with E-state index in [2.05, 4.69) is 5.32 Å². The minimum absolute atomic E-state index is 0.0488. The van der Waals surface area contributed by atoms with Crippen LogP contribution in [0.1, 0.15) is 39.0 Å². The van der Waals surface area contributed by atoms with Gasteiger partial charge in [-0.15, -0.1) is 0 Å². The number of likely N-dealkylation sites (tertiary alicyclic amines) is 1. The molecule has 0 aromatic heterocycles. The van der Waals surface area contributed by atoms with Crippen molar-refractivity contribution in [3.05, 3.63) is 0 Å². The second-order valence-electron chi connectivity index (χ2n) is 4.88. The van der Waals surface area contributed by atoms with Crippen LogP contribution in [0.15, 0.2) is 0 Å². The minimum Gasteiger partial charge on any atom is -0.357 e. The summed E-state index contributed by atoms with van der Waals surface area (Å²) in [6, 6.07) is -0.304. The molecule has 3 N–H and O–H groups in total. The normalized spacial score (nSPS) is 21.5. The molecule has 1 fully saturated rings. The van der Waals surface area contributed by atoms with Gasteiger partial charge >= 0.3 is 0 Å². The Morgan fingerprint density at radius 2 is 2.17 bits per heavy atom. The van der Waals surface area contributed by atoms with Crippen LogP contribution in [0.5, 0.6) is 0 Å². The average molecular weight is 255 g/mol. The number of nitrogens with zero attached hydrogens (tertiary/aromatic N) is 1. The van der Waals surface area contributed by atoms with E-state index in [1.807, 2.05) is 6.92 Å². The Morgan fingerprint density at radius 3 is 2.72 bits per heavy atom. The van der Waals surface area contributed by atoms with Crippen molar-refractivity contribution < 1.29 is 9.59 Å². The summed E-state index contributed by atoms with van der Waals surface area (Å²) in [4.78, 5) is 26.0. The van der Waals surface area contributed by atoms with Crippen LogP contribution < -0.4 is 11.1 Å². The smallest absolute Gasteiger partial charge is 0.242 e. The van der Waals surface area contributed by atoms with Crippen molar-refractivity contribution >= 4 is 11.8 Å². The summed E-state index contributed by atoms with van der Waals surface area (Å²) in [6.45, 7) is 3.09. The molecular weight excluding hydrogens is 230 g/mol. The van der Waals surface area contributed by atoms with Gasteiger partial charge in [0.2, 0.25) is 11.8 Å². The summed E-state index contributed by atoms with van der Waals surface area (Å²) in [5.74, 6) is -0.150. The van der Waals surface area contributed by atoms with E-state index < -0.39 is 0 Å². The Morgan fingerprint density at radius 1 is 1.44 bits per heavy atom. The molecule has 0 aromatic rings. The Labute approximate surface area is 109 Å². The fourth-order valence-electron chi connectivity index (χ4n) is 2.56. The SMILES string of the molecule is CCCC(CN)C(=O)N1CCCCC1C(=O)NC. The molecule has 5 nitrogen and oxygen atoms in total. The van der Waals surface area contributed by atoms with E-state index in [1.165, 1.54) is 0 Å². The van der Waals surface area contributed by atoms with Crippen LogP contribution in [0.2, 0.25) is 0 Å². The van der Waals surface area contributed by atoms with Gasteiger partial charge in [0.1, 0.15) is 6.04 Å². The quantitative estimate of drug-likeness (QED) is 0.750. The van der Waals surface area contributed by atoms with Gasteiger partial charge in [-0.05, 0) is 25.7 Å². The first-order valence-corrected chi connectivity index (χ1v) is 6.87. The summed E-state index contributed by atoms with van der Waals surface area (Å²) in [6.07, 6.45) is 4.47. The van der Waals surface area contributed by atoms with Gasteiger partial charge in [-0.2, -0.15) is 0 Å². The number of nitrogens with one attached hydrogen (secondary N) is 1. The van der Waals surface area contributed by atoms with E-state index >= 15 is 0 Å². The van der Waals surface area contributed by atoms with Crippen molar-refractivity contribution in [1.82, 2.24) is 10.2 Å². The molecule has 1 heterocycles. The maximum Gasteiger partial charge on any atom is 0.242 e. The third-order valence-corrected chi connectivity index (χ3v) is 3.61. The van der Waals surface area contributed by atoms with Crippen LogP contribution in [-0.2, 0) is 9.59 Å². The fourth-order valence-corrected chi connectivity index (χ4v) is 2.56. The highest BCUT2D eigenvalue weighted by atomic mass is 16.2. The van der Waals surface area contributed by atoms with Crippen LogP contribution in [-0.4, -0.2) is 42.9 Å². The molecular formula is C13H25N3O2. The molecule has 0 aliphatic carbocycles. The summed E-state index contributed by atoms with van der Waals surface area (Å²) in [5, 5.41) is 2.64. The topological polar surface area (TPSA) is 75.4 Å². The number of nitrogens with two attached hydrogens (primary N) is 1. The second kappa shape index (κ2) is 7.36. The van der Waals surface area contributed by atoms with E-state index in [0.29, 0.717) is 13.1 Å². The largest absolute Gasteiger partial charge is 0.357 e. The zero-order valence-corrected chi connectivity index (χ0v) is 11.4. The molecule has 0 spiro atoms. The van der Waals surface area contributed by atoms with Gasteiger partial charge in [0, 0.05) is 20.1 Å². The van der Waals surface area contributed by atoms with Gasteiger partial charge in [0.25, 0.3) is 0 Å². The summed E-state index contributed by atoms with van der Waals surface area (Å²) in [7, 11) is 1.62. The Balaban J connectivity index is 2.75. The van der Waals surface area contributed by atoms with Crippen molar-refractivity contribution in [2.45, 2.75) is 45.1 Å². The molecule has 2 amide bonds. The number of amides is 2. The molecule has 5 heteroatoms. The lowest BCUT2D eigenvalue weighted by Gasteiger charge is -2.36. The van der Waals surface area contributed by atoms with Crippen molar-refractivity contribution in [2.24, 2.45) is 11.7 Å². The van der Waals surface area contributed by atoms with Crippen LogP contribution in [0.3, 0.4) is 0 Å². The first-order valence-electron chi connectivity index (χ1n) is 6.87. The van der Waals surface area contributed by atoms with Crippen LogP contribution in [0.25, 0.3) is 0 Å². The molecule has 18 heavy (non-hydrogen) atoms. The minimum atomic E-state index is -0.304. The molecule has 1 saturated heterocycles. The van der Waals surface area contributed by atoms with Crippen molar-refractivity contribution in [3.63, 3.8) is 0 Å². The van der Waals surface area contributed by atoms with Gasteiger partial charge in [-0.3, -0.25) is 9.59 Å². The lowest BCUT2D eigenvalue weighted by atomic mass is 9.96. The van der Waals surface area contributed by atoms with Crippen molar-refractivity contribution in [3.8, 4) is 0 Å². The van der Waals surface area contributed by atoms with E-state index in [9.17, 15) is 9.59 Å². The van der Waals surface area contributed by atoms with Crippen LogP contribution in [0.4, 0.5) is 0 Å². The predicted octanol–water partition coefficient (Wildman–Crippen LogP) is 0.489. The van der Waals surface area contributed by atoms with E-state index in [0.717, 1.165) is 32.1 Å². The molecule has 0 saturated carbocycles.